The van der Waals surface area contributed by atoms with Gasteiger partial charge in [-0.1, -0.05) is 17.7 Å². The van der Waals surface area contributed by atoms with Crippen molar-refractivity contribution in [2.45, 2.75) is 20.4 Å². The van der Waals surface area contributed by atoms with Gasteiger partial charge >= 0.3 is 0 Å². The SMILES string of the molecule is Cc1ccc(N(C)Cc2ccc(C(=O)NN)s2)c(C)c1. The Bertz CT molecular complexity index is 621. The summed E-state index contributed by atoms with van der Waals surface area (Å²) in [5, 5.41) is 0. The Kier molecular flexibility index (Phi) is 4.42. The molecule has 4 nitrogen and oxygen atoms in total. The van der Waals surface area contributed by atoms with Gasteiger partial charge in [-0.25, -0.2) is 5.84 Å². The lowest BCUT2D eigenvalue weighted by atomic mass is 10.1. The molecule has 1 aromatic heterocycles. The molecule has 2 aromatic rings. The number of nitrogens with zero attached hydrogens (tertiary/aromatic N) is 1. The van der Waals surface area contributed by atoms with E-state index in [1.54, 1.807) is 6.07 Å². The Labute approximate surface area is 123 Å². The molecule has 0 saturated carbocycles. The number of thiophene rings is 1. The van der Waals surface area contributed by atoms with Crippen molar-refractivity contribution in [3.05, 3.63) is 51.2 Å². The summed E-state index contributed by atoms with van der Waals surface area (Å²) in [6.07, 6.45) is 0. The van der Waals surface area contributed by atoms with Crippen LogP contribution in [0.15, 0.2) is 30.3 Å². The molecule has 1 heterocycles. The minimum atomic E-state index is -0.240. The number of hydrazine groups is 1. The van der Waals surface area contributed by atoms with Crippen molar-refractivity contribution in [2.75, 3.05) is 11.9 Å². The van der Waals surface area contributed by atoms with Crippen LogP contribution in [0.5, 0.6) is 0 Å². The molecule has 0 radical (unpaired) electrons. The first-order valence-electron chi connectivity index (χ1n) is 6.39. The zero-order valence-corrected chi connectivity index (χ0v) is 12.8. The lowest BCUT2D eigenvalue weighted by Gasteiger charge is -2.21. The number of hydrogen-bond donors (Lipinski definition) is 2. The van der Waals surface area contributed by atoms with Gasteiger partial charge in [0.1, 0.15) is 0 Å². The number of nitrogens with two attached hydrogens (primary N) is 1. The van der Waals surface area contributed by atoms with E-state index in [1.165, 1.54) is 28.2 Å². The summed E-state index contributed by atoms with van der Waals surface area (Å²) in [6, 6.07) is 10.2. The molecule has 1 amide bonds. The highest BCUT2D eigenvalue weighted by molar-refractivity contribution is 7.14. The normalized spacial score (nSPS) is 10.4. The highest BCUT2D eigenvalue weighted by Gasteiger charge is 2.10. The number of benzene rings is 1. The molecule has 0 aliphatic heterocycles. The summed E-state index contributed by atoms with van der Waals surface area (Å²) in [5.74, 6) is 4.90. The number of anilines is 1. The Morgan fingerprint density at radius 1 is 1.30 bits per heavy atom. The average molecular weight is 289 g/mol. The molecule has 5 heteroatoms. The van der Waals surface area contributed by atoms with E-state index in [1.807, 2.05) is 6.07 Å². The van der Waals surface area contributed by atoms with Crippen LogP contribution >= 0.6 is 11.3 Å². The summed E-state index contributed by atoms with van der Waals surface area (Å²) in [6.45, 7) is 4.97. The van der Waals surface area contributed by atoms with Gasteiger partial charge in [-0.3, -0.25) is 10.2 Å². The Morgan fingerprint density at radius 3 is 2.70 bits per heavy atom. The highest BCUT2D eigenvalue weighted by Crippen LogP contribution is 2.24. The molecule has 0 atom stereocenters. The number of carbonyl (C=O) groups is 1. The number of carbonyl (C=O) groups excluding carboxylic acids is 1. The van der Waals surface area contributed by atoms with E-state index in [-0.39, 0.29) is 5.91 Å². The summed E-state index contributed by atoms with van der Waals surface area (Å²) in [7, 11) is 2.06. The molecule has 20 heavy (non-hydrogen) atoms. The van der Waals surface area contributed by atoms with Gasteiger partial charge in [-0.15, -0.1) is 11.3 Å². The van der Waals surface area contributed by atoms with Crippen molar-refractivity contribution >= 4 is 22.9 Å². The monoisotopic (exact) mass is 289 g/mol. The third kappa shape index (κ3) is 3.18. The largest absolute Gasteiger partial charge is 0.369 e. The molecule has 0 aliphatic carbocycles. The van der Waals surface area contributed by atoms with Crippen LogP contribution in [0, 0.1) is 13.8 Å². The van der Waals surface area contributed by atoms with Crippen LogP contribution in [0.25, 0.3) is 0 Å². The molecule has 0 spiro atoms. The van der Waals surface area contributed by atoms with Gasteiger partial charge < -0.3 is 4.90 Å². The molecule has 0 fully saturated rings. The van der Waals surface area contributed by atoms with Crippen LogP contribution in [0.4, 0.5) is 5.69 Å². The first-order chi connectivity index (χ1) is 9.51. The minimum absolute atomic E-state index is 0.240. The van der Waals surface area contributed by atoms with Crippen molar-refractivity contribution in [3.8, 4) is 0 Å². The van der Waals surface area contributed by atoms with Crippen molar-refractivity contribution in [1.82, 2.24) is 5.43 Å². The van der Waals surface area contributed by atoms with Crippen LogP contribution < -0.4 is 16.2 Å². The zero-order valence-electron chi connectivity index (χ0n) is 11.9. The van der Waals surface area contributed by atoms with Crippen molar-refractivity contribution in [1.29, 1.82) is 0 Å². The molecule has 0 aliphatic rings. The quantitative estimate of drug-likeness (QED) is 0.517. The smallest absolute Gasteiger partial charge is 0.275 e. The van der Waals surface area contributed by atoms with Gasteiger partial charge in [0.15, 0.2) is 0 Å². The van der Waals surface area contributed by atoms with Crippen molar-refractivity contribution in [2.24, 2.45) is 5.84 Å². The molecule has 2 rings (SSSR count). The zero-order chi connectivity index (χ0) is 14.7. The average Bonchev–Trinajstić information content (AvgIpc) is 2.86. The predicted molar refractivity (Wildman–Crippen MR) is 84.0 cm³/mol. The van der Waals surface area contributed by atoms with Crippen LogP contribution in [0.2, 0.25) is 0 Å². The molecule has 3 N–H and O–H groups in total. The second-order valence-corrected chi connectivity index (χ2v) is 6.05. The third-order valence-electron chi connectivity index (χ3n) is 3.17. The number of amides is 1. The molecular weight excluding hydrogens is 270 g/mol. The Morgan fingerprint density at radius 2 is 2.05 bits per heavy atom. The van der Waals surface area contributed by atoms with E-state index in [4.69, 9.17) is 5.84 Å². The Balaban J connectivity index is 2.13. The lowest BCUT2D eigenvalue weighted by Crippen LogP contribution is -2.29. The second-order valence-electron chi connectivity index (χ2n) is 4.89. The predicted octanol–water partition coefficient (Wildman–Crippen LogP) is 2.60. The van der Waals surface area contributed by atoms with Gasteiger partial charge in [0.2, 0.25) is 0 Å². The number of aryl methyl sites for hydroxylation is 2. The van der Waals surface area contributed by atoms with Crippen molar-refractivity contribution < 1.29 is 4.79 Å². The highest BCUT2D eigenvalue weighted by atomic mass is 32.1. The number of nitrogen functional groups attached to an aromatic ring is 1. The maximum atomic E-state index is 11.4. The number of nitrogens with one attached hydrogen (secondary N) is 1. The lowest BCUT2D eigenvalue weighted by molar-refractivity contribution is 0.0957. The van der Waals surface area contributed by atoms with E-state index < -0.39 is 0 Å². The fourth-order valence-corrected chi connectivity index (χ4v) is 3.17. The molecule has 0 saturated heterocycles. The van der Waals surface area contributed by atoms with Crippen molar-refractivity contribution in [3.63, 3.8) is 0 Å². The Hall–Kier alpha value is -1.85. The first-order valence-corrected chi connectivity index (χ1v) is 7.21. The van der Waals surface area contributed by atoms with Gasteiger partial charge in [-0.2, -0.15) is 0 Å². The van der Waals surface area contributed by atoms with Crippen LogP contribution in [-0.4, -0.2) is 13.0 Å². The maximum absolute atomic E-state index is 11.4. The van der Waals surface area contributed by atoms with E-state index in [0.717, 1.165) is 11.4 Å². The second kappa shape index (κ2) is 6.07. The van der Waals surface area contributed by atoms with Crippen LogP contribution in [0.3, 0.4) is 0 Å². The van der Waals surface area contributed by atoms with E-state index in [0.29, 0.717) is 4.88 Å². The molecular formula is C15H19N3OS. The topological polar surface area (TPSA) is 58.4 Å². The number of hydrogen-bond acceptors (Lipinski definition) is 4. The summed E-state index contributed by atoms with van der Waals surface area (Å²) in [5.41, 5.74) is 5.87. The maximum Gasteiger partial charge on any atom is 0.275 e. The summed E-state index contributed by atoms with van der Waals surface area (Å²) in [4.78, 5) is 15.4. The van der Waals surface area contributed by atoms with Gasteiger partial charge in [-0.05, 0) is 37.6 Å². The van der Waals surface area contributed by atoms with Gasteiger partial charge in [0, 0.05) is 17.6 Å². The molecule has 1 aromatic carbocycles. The molecule has 0 bridgehead atoms. The third-order valence-corrected chi connectivity index (χ3v) is 4.24. The fourth-order valence-electron chi connectivity index (χ4n) is 2.21. The van der Waals surface area contributed by atoms with Gasteiger partial charge in [0.25, 0.3) is 5.91 Å². The summed E-state index contributed by atoms with van der Waals surface area (Å²) >= 11 is 1.46. The van der Waals surface area contributed by atoms with E-state index in [2.05, 4.69) is 49.4 Å². The first kappa shape index (κ1) is 14.6. The van der Waals surface area contributed by atoms with E-state index >= 15 is 0 Å². The van der Waals surface area contributed by atoms with E-state index in [9.17, 15) is 4.79 Å². The number of rotatable bonds is 4. The molecule has 106 valence electrons. The van der Waals surface area contributed by atoms with Crippen LogP contribution in [-0.2, 0) is 6.54 Å². The van der Waals surface area contributed by atoms with Gasteiger partial charge in [0.05, 0.1) is 11.4 Å². The fraction of sp³-hybridized carbons (Fsp3) is 0.267. The minimum Gasteiger partial charge on any atom is -0.369 e. The molecule has 0 unspecified atom stereocenters. The summed E-state index contributed by atoms with van der Waals surface area (Å²) < 4.78 is 0. The standard InChI is InChI=1S/C15H19N3OS/c1-10-4-6-13(11(2)8-10)18(3)9-12-5-7-14(20-12)15(19)17-16/h4-8H,9,16H2,1-3H3,(H,17,19). The van der Waals surface area contributed by atoms with Crippen LogP contribution in [0.1, 0.15) is 25.7 Å².